The van der Waals surface area contributed by atoms with Crippen LogP contribution >= 0.6 is 0 Å². The van der Waals surface area contributed by atoms with Crippen LogP contribution in [-0.2, 0) is 17.7 Å². The molecule has 2 rings (SSSR count). The van der Waals surface area contributed by atoms with Crippen molar-refractivity contribution in [1.29, 1.82) is 0 Å². The lowest BCUT2D eigenvalue weighted by molar-refractivity contribution is 0.194. The monoisotopic (exact) mass is 219 g/mol. The van der Waals surface area contributed by atoms with E-state index in [9.17, 15) is 0 Å². The number of aromatic nitrogens is 2. The first kappa shape index (κ1) is 11.1. The largest absolute Gasteiger partial charge is 0.385 e. The number of fused-ring (bicyclic) bond motifs is 1. The number of hydrogen-bond donors (Lipinski definition) is 1. The summed E-state index contributed by atoms with van der Waals surface area (Å²) < 4.78 is 7.14. The third kappa shape index (κ3) is 2.23. The van der Waals surface area contributed by atoms with Crippen molar-refractivity contribution in [2.24, 2.45) is 5.73 Å². The zero-order valence-corrected chi connectivity index (χ0v) is 9.52. The Bertz CT molecular complexity index is 464. The van der Waals surface area contributed by atoms with Crippen LogP contribution < -0.4 is 5.73 Å². The first-order chi connectivity index (χ1) is 7.85. The summed E-state index contributed by atoms with van der Waals surface area (Å²) in [6.07, 6.45) is 5.85. The summed E-state index contributed by atoms with van der Waals surface area (Å²) in [6, 6.07) is 4.11. The van der Waals surface area contributed by atoms with Crippen LogP contribution in [0.4, 0.5) is 0 Å². The summed E-state index contributed by atoms with van der Waals surface area (Å²) in [7, 11) is 1.72. The molecule has 0 unspecified atom stereocenters. The molecule has 2 aromatic heterocycles. The average molecular weight is 219 g/mol. The second-order valence-corrected chi connectivity index (χ2v) is 3.80. The fourth-order valence-corrected chi connectivity index (χ4v) is 1.79. The fourth-order valence-electron chi connectivity index (χ4n) is 1.79. The number of methoxy groups -OCH3 is 1. The summed E-state index contributed by atoms with van der Waals surface area (Å²) in [5, 5.41) is 0. The van der Waals surface area contributed by atoms with Gasteiger partial charge in [-0.3, -0.25) is 0 Å². The topological polar surface area (TPSA) is 52.5 Å². The molecule has 0 radical (unpaired) electrons. The van der Waals surface area contributed by atoms with Crippen LogP contribution in [-0.4, -0.2) is 23.1 Å². The molecule has 0 aliphatic carbocycles. The van der Waals surface area contributed by atoms with Gasteiger partial charge in [-0.2, -0.15) is 0 Å². The van der Waals surface area contributed by atoms with Gasteiger partial charge in [0, 0.05) is 32.9 Å². The minimum absolute atomic E-state index is 0.570. The van der Waals surface area contributed by atoms with Crippen LogP contribution in [0.15, 0.2) is 24.5 Å². The Hall–Kier alpha value is -1.39. The van der Waals surface area contributed by atoms with Crippen LogP contribution in [0.3, 0.4) is 0 Å². The molecule has 16 heavy (non-hydrogen) atoms. The Morgan fingerprint density at radius 1 is 1.50 bits per heavy atom. The van der Waals surface area contributed by atoms with Gasteiger partial charge in [-0.05, 0) is 24.1 Å². The van der Waals surface area contributed by atoms with E-state index in [1.165, 1.54) is 0 Å². The molecule has 4 heteroatoms. The minimum atomic E-state index is 0.570. The second-order valence-electron chi connectivity index (χ2n) is 3.80. The van der Waals surface area contributed by atoms with Gasteiger partial charge in [0.2, 0.25) is 0 Å². The molecule has 0 aromatic carbocycles. The SMILES string of the molecule is COCCCc1ncc2cc(CN)ccn12. The highest BCUT2D eigenvalue weighted by atomic mass is 16.5. The molecule has 0 amide bonds. The maximum Gasteiger partial charge on any atom is 0.113 e. The molecule has 0 fully saturated rings. The molecule has 0 saturated heterocycles. The molecule has 0 saturated carbocycles. The van der Waals surface area contributed by atoms with Gasteiger partial charge in [-0.25, -0.2) is 4.98 Å². The Balaban J connectivity index is 2.20. The van der Waals surface area contributed by atoms with E-state index < -0.39 is 0 Å². The van der Waals surface area contributed by atoms with Crippen LogP contribution in [0.25, 0.3) is 5.52 Å². The molecule has 4 nitrogen and oxygen atoms in total. The maximum atomic E-state index is 5.60. The predicted molar refractivity (Wildman–Crippen MR) is 63.3 cm³/mol. The minimum Gasteiger partial charge on any atom is -0.385 e. The highest BCUT2D eigenvalue weighted by Crippen LogP contribution is 2.11. The van der Waals surface area contributed by atoms with Crippen molar-refractivity contribution in [3.05, 3.63) is 35.9 Å². The van der Waals surface area contributed by atoms with Crippen molar-refractivity contribution in [1.82, 2.24) is 9.38 Å². The summed E-state index contributed by atoms with van der Waals surface area (Å²) in [5.41, 5.74) is 7.84. The van der Waals surface area contributed by atoms with E-state index in [-0.39, 0.29) is 0 Å². The lowest BCUT2D eigenvalue weighted by Crippen LogP contribution is -2.00. The Labute approximate surface area is 95.0 Å². The van der Waals surface area contributed by atoms with Gasteiger partial charge >= 0.3 is 0 Å². The van der Waals surface area contributed by atoms with Gasteiger partial charge in [0.05, 0.1) is 11.7 Å². The normalized spacial score (nSPS) is 11.1. The van der Waals surface area contributed by atoms with E-state index in [0.29, 0.717) is 6.54 Å². The average Bonchev–Trinajstić information content (AvgIpc) is 2.72. The Kier molecular flexibility index (Phi) is 3.54. The number of pyridine rings is 1. The first-order valence-electron chi connectivity index (χ1n) is 5.49. The smallest absolute Gasteiger partial charge is 0.113 e. The molecule has 2 aromatic rings. The number of rotatable bonds is 5. The summed E-state index contributed by atoms with van der Waals surface area (Å²) in [4.78, 5) is 4.41. The fraction of sp³-hybridized carbons (Fsp3) is 0.417. The zero-order chi connectivity index (χ0) is 11.4. The zero-order valence-electron chi connectivity index (χ0n) is 9.52. The Morgan fingerprint density at radius 3 is 3.12 bits per heavy atom. The number of hydrogen-bond acceptors (Lipinski definition) is 3. The molecule has 2 N–H and O–H groups in total. The number of nitrogens with zero attached hydrogens (tertiary/aromatic N) is 2. The molecule has 0 spiro atoms. The van der Waals surface area contributed by atoms with Crippen LogP contribution in [0.2, 0.25) is 0 Å². The molecule has 0 aliphatic rings. The molecule has 86 valence electrons. The summed E-state index contributed by atoms with van der Waals surface area (Å²) in [6.45, 7) is 1.34. The highest BCUT2D eigenvalue weighted by molar-refractivity contribution is 5.48. The number of aryl methyl sites for hydroxylation is 1. The lowest BCUT2D eigenvalue weighted by Gasteiger charge is -2.02. The maximum absolute atomic E-state index is 5.60. The van der Waals surface area contributed by atoms with Gasteiger partial charge < -0.3 is 14.9 Å². The molecule has 0 aliphatic heterocycles. The summed E-state index contributed by atoms with van der Waals surface area (Å²) >= 11 is 0. The first-order valence-corrected chi connectivity index (χ1v) is 5.49. The van der Waals surface area contributed by atoms with E-state index in [0.717, 1.165) is 36.4 Å². The van der Waals surface area contributed by atoms with Crippen LogP contribution in [0, 0.1) is 0 Å². The standard InChI is InChI=1S/C12H17N3O/c1-16-6-2-3-12-14-9-11-7-10(8-13)4-5-15(11)12/h4-5,7,9H,2-3,6,8,13H2,1H3. The molecular formula is C12H17N3O. The predicted octanol–water partition coefficient (Wildman–Crippen LogP) is 1.37. The van der Waals surface area contributed by atoms with Crippen molar-refractivity contribution in [2.45, 2.75) is 19.4 Å². The number of imidazole rings is 1. The van der Waals surface area contributed by atoms with Crippen molar-refractivity contribution in [3.63, 3.8) is 0 Å². The molecular weight excluding hydrogens is 202 g/mol. The van der Waals surface area contributed by atoms with E-state index in [4.69, 9.17) is 10.5 Å². The van der Waals surface area contributed by atoms with E-state index >= 15 is 0 Å². The van der Waals surface area contributed by atoms with Gasteiger partial charge in [-0.15, -0.1) is 0 Å². The quantitative estimate of drug-likeness (QED) is 0.773. The van der Waals surface area contributed by atoms with E-state index in [1.807, 2.05) is 18.5 Å². The molecule has 2 heterocycles. The van der Waals surface area contributed by atoms with Crippen LogP contribution in [0.5, 0.6) is 0 Å². The summed E-state index contributed by atoms with van der Waals surface area (Å²) in [5.74, 6) is 1.08. The van der Waals surface area contributed by atoms with Gasteiger partial charge in [0.25, 0.3) is 0 Å². The van der Waals surface area contributed by atoms with Gasteiger partial charge in [0.15, 0.2) is 0 Å². The number of nitrogens with two attached hydrogens (primary N) is 1. The number of ether oxygens (including phenoxy) is 1. The van der Waals surface area contributed by atoms with Gasteiger partial charge in [-0.1, -0.05) is 0 Å². The lowest BCUT2D eigenvalue weighted by atomic mass is 10.2. The van der Waals surface area contributed by atoms with E-state index in [1.54, 1.807) is 7.11 Å². The second kappa shape index (κ2) is 5.09. The third-order valence-corrected chi connectivity index (χ3v) is 2.66. The third-order valence-electron chi connectivity index (χ3n) is 2.66. The van der Waals surface area contributed by atoms with Gasteiger partial charge in [0.1, 0.15) is 5.82 Å². The molecule has 0 bridgehead atoms. The Morgan fingerprint density at radius 2 is 2.38 bits per heavy atom. The highest BCUT2D eigenvalue weighted by Gasteiger charge is 2.03. The van der Waals surface area contributed by atoms with Crippen molar-refractivity contribution in [3.8, 4) is 0 Å². The van der Waals surface area contributed by atoms with Crippen LogP contribution in [0.1, 0.15) is 17.8 Å². The van der Waals surface area contributed by atoms with Crippen molar-refractivity contribution >= 4 is 5.52 Å². The molecule has 0 atom stereocenters. The van der Waals surface area contributed by atoms with Crippen molar-refractivity contribution < 1.29 is 4.74 Å². The van der Waals surface area contributed by atoms with E-state index in [2.05, 4.69) is 15.5 Å². The van der Waals surface area contributed by atoms with Crippen molar-refractivity contribution in [2.75, 3.05) is 13.7 Å².